The van der Waals surface area contributed by atoms with Crippen LogP contribution in [-0.2, 0) is 6.54 Å². The molecule has 116 valence electrons. The molecule has 0 aliphatic rings. The Hall–Kier alpha value is -2.59. The van der Waals surface area contributed by atoms with E-state index in [4.69, 9.17) is 16.0 Å². The third-order valence-corrected chi connectivity index (χ3v) is 3.63. The van der Waals surface area contributed by atoms with Crippen molar-refractivity contribution in [1.82, 2.24) is 5.43 Å². The van der Waals surface area contributed by atoms with Crippen molar-refractivity contribution in [2.45, 2.75) is 6.54 Å². The van der Waals surface area contributed by atoms with Gasteiger partial charge < -0.3 is 9.84 Å². The fourth-order valence-corrected chi connectivity index (χ4v) is 2.28. The first-order valence-electron chi connectivity index (χ1n) is 7.07. The molecule has 1 N–H and O–H groups in total. The highest BCUT2D eigenvalue weighted by Gasteiger charge is 2.03. The number of benzene rings is 2. The first kappa shape index (κ1) is 15.3. The second kappa shape index (κ2) is 7.11. The van der Waals surface area contributed by atoms with Crippen LogP contribution in [0.15, 0.2) is 70.2 Å². The van der Waals surface area contributed by atoms with Crippen molar-refractivity contribution in [3.05, 3.63) is 82.8 Å². The lowest BCUT2D eigenvalue weighted by Gasteiger charge is -2.02. The van der Waals surface area contributed by atoms with Crippen molar-refractivity contribution in [2.75, 3.05) is 0 Å². The molecule has 0 unspecified atom stereocenters. The Morgan fingerprint density at radius 2 is 1.83 bits per heavy atom. The molecule has 0 saturated carbocycles. The summed E-state index contributed by atoms with van der Waals surface area (Å²) in [7, 11) is 0. The van der Waals surface area contributed by atoms with Crippen LogP contribution in [0.3, 0.4) is 0 Å². The molecule has 3 rings (SSSR count). The Balaban J connectivity index is 1.60. The van der Waals surface area contributed by atoms with Crippen LogP contribution in [0.5, 0.6) is 0 Å². The minimum Gasteiger partial charge on any atom is -0.455 e. The minimum atomic E-state index is -0.272. The molecule has 23 heavy (non-hydrogen) atoms. The van der Waals surface area contributed by atoms with Gasteiger partial charge in [-0.2, -0.15) is 5.10 Å². The summed E-state index contributed by atoms with van der Waals surface area (Å²) < 4.78 is 18.6. The van der Waals surface area contributed by atoms with Gasteiger partial charge in [0.2, 0.25) is 0 Å². The van der Waals surface area contributed by atoms with Crippen LogP contribution in [0.1, 0.15) is 11.3 Å². The van der Waals surface area contributed by atoms with E-state index in [0.717, 1.165) is 11.1 Å². The molecule has 0 radical (unpaired) electrons. The molecule has 1 heterocycles. The summed E-state index contributed by atoms with van der Waals surface area (Å²) in [6.45, 7) is 0.529. The molecule has 3 nitrogen and oxygen atoms in total. The molecule has 0 aliphatic heterocycles. The number of nitrogens with one attached hydrogen (secondary N) is 1. The van der Waals surface area contributed by atoms with E-state index < -0.39 is 0 Å². The highest BCUT2D eigenvalue weighted by atomic mass is 35.5. The Labute approximate surface area is 138 Å². The summed E-state index contributed by atoms with van der Waals surface area (Å²) in [4.78, 5) is 0. The molecule has 0 aliphatic carbocycles. The van der Waals surface area contributed by atoms with Crippen molar-refractivity contribution < 1.29 is 8.81 Å². The highest BCUT2D eigenvalue weighted by molar-refractivity contribution is 6.31. The van der Waals surface area contributed by atoms with E-state index in [-0.39, 0.29) is 5.82 Å². The average Bonchev–Trinajstić information content (AvgIpc) is 3.03. The summed E-state index contributed by atoms with van der Waals surface area (Å²) in [5.74, 6) is 0.999. The van der Waals surface area contributed by atoms with Gasteiger partial charge in [0.1, 0.15) is 17.3 Å². The molecular weight excluding hydrogens is 315 g/mol. The van der Waals surface area contributed by atoms with Crippen molar-refractivity contribution in [3.63, 3.8) is 0 Å². The molecule has 0 atom stereocenters. The largest absolute Gasteiger partial charge is 0.455 e. The summed E-state index contributed by atoms with van der Waals surface area (Å²) in [5.41, 5.74) is 4.71. The van der Waals surface area contributed by atoms with Crippen LogP contribution in [0.4, 0.5) is 4.39 Å². The second-order valence-electron chi connectivity index (χ2n) is 4.89. The molecule has 0 amide bonds. The van der Waals surface area contributed by atoms with E-state index in [9.17, 15) is 4.39 Å². The summed E-state index contributed by atoms with van der Waals surface area (Å²) in [5, 5.41) is 4.81. The van der Waals surface area contributed by atoms with E-state index in [1.165, 1.54) is 12.1 Å². The van der Waals surface area contributed by atoms with Crippen molar-refractivity contribution in [2.24, 2.45) is 5.10 Å². The smallest absolute Gasteiger partial charge is 0.147 e. The molecule has 1 aromatic heterocycles. The summed E-state index contributed by atoms with van der Waals surface area (Å²) in [6.07, 6.45) is 1.59. The van der Waals surface area contributed by atoms with Gasteiger partial charge in [-0.1, -0.05) is 29.8 Å². The van der Waals surface area contributed by atoms with E-state index in [2.05, 4.69) is 10.5 Å². The van der Waals surface area contributed by atoms with Gasteiger partial charge >= 0.3 is 0 Å². The number of furan rings is 1. The Morgan fingerprint density at radius 3 is 2.61 bits per heavy atom. The summed E-state index contributed by atoms with van der Waals surface area (Å²) >= 11 is 6.07. The fraction of sp³-hybridized carbons (Fsp3) is 0.0556. The molecule has 0 saturated heterocycles. The topological polar surface area (TPSA) is 37.5 Å². The van der Waals surface area contributed by atoms with Crippen molar-refractivity contribution in [3.8, 4) is 11.3 Å². The SMILES string of the molecule is Fc1ccc(-c2ccc(/C=N\NCc3ccccc3Cl)o2)cc1. The monoisotopic (exact) mass is 328 g/mol. The van der Waals surface area contributed by atoms with Gasteiger partial charge in [-0.05, 0) is 48.0 Å². The fourth-order valence-electron chi connectivity index (χ4n) is 2.07. The van der Waals surface area contributed by atoms with Gasteiger partial charge in [-0.25, -0.2) is 4.39 Å². The van der Waals surface area contributed by atoms with Crippen LogP contribution in [0.2, 0.25) is 5.02 Å². The average molecular weight is 329 g/mol. The number of nitrogens with zero attached hydrogens (tertiary/aromatic N) is 1. The maximum absolute atomic E-state index is 12.9. The van der Waals surface area contributed by atoms with E-state index in [0.29, 0.717) is 23.1 Å². The van der Waals surface area contributed by atoms with Gasteiger partial charge in [0.05, 0.1) is 12.8 Å². The number of hydrogen-bond acceptors (Lipinski definition) is 3. The number of rotatable bonds is 5. The standard InChI is InChI=1S/C18H14ClFN2O/c19-17-4-2-1-3-14(17)11-21-22-12-16-9-10-18(23-16)13-5-7-15(20)8-6-13/h1-10,12,21H,11H2/b22-12-. The van der Waals surface area contributed by atoms with Crippen LogP contribution in [0, 0.1) is 5.82 Å². The van der Waals surface area contributed by atoms with Crippen LogP contribution >= 0.6 is 11.6 Å². The minimum absolute atomic E-state index is 0.272. The lowest BCUT2D eigenvalue weighted by atomic mass is 10.2. The van der Waals surface area contributed by atoms with Crippen LogP contribution in [-0.4, -0.2) is 6.21 Å². The lowest BCUT2D eigenvalue weighted by Crippen LogP contribution is -2.05. The predicted molar refractivity (Wildman–Crippen MR) is 90.0 cm³/mol. The van der Waals surface area contributed by atoms with Crippen LogP contribution in [0.25, 0.3) is 11.3 Å². The maximum atomic E-state index is 12.9. The Morgan fingerprint density at radius 1 is 1.04 bits per heavy atom. The van der Waals surface area contributed by atoms with Gasteiger partial charge in [0.25, 0.3) is 0 Å². The normalized spacial score (nSPS) is 11.0. The number of hydrogen-bond donors (Lipinski definition) is 1. The van der Waals surface area contributed by atoms with E-state index in [1.807, 2.05) is 30.3 Å². The third kappa shape index (κ3) is 3.99. The summed E-state index contributed by atoms with van der Waals surface area (Å²) in [6, 6.07) is 17.3. The molecule has 0 fully saturated rings. The van der Waals surface area contributed by atoms with E-state index in [1.54, 1.807) is 24.4 Å². The number of hydrazone groups is 1. The third-order valence-electron chi connectivity index (χ3n) is 3.27. The molecular formula is C18H14ClFN2O. The molecule has 2 aromatic carbocycles. The van der Waals surface area contributed by atoms with Crippen molar-refractivity contribution in [1.29, 1.82) is 0 Å². The first-order chi connectivity index (χ1) is 11.2. The second-order valence-corrected chi connectivity index (χ2v) is 5.30. The van der Waals surface area contributed by atoms with Gasteiger partial charge in [0, 0.05) is 10.6 Å². The zero-order valence-corrected chi connectivity index (χ0v) is 12.9. The molecule has 0 bridgehead atoms. The van der Waals surface area contributed by atoms with E-state index >= 15 is 0 Å². The predicted octanol–water partition coefficient (Wildman–Crippen LogP) is 4.86. The zero-order valence-electron chi connectivity index (χ0n) is 12.2. The first-order valence-corrected chi connectivity index (χ1v) is 7.45. The van der Waals surface area contributed by atoms with Gasteiger partial charge in [0.15, 0.2) is 0 Å². The Bertz CT molecular complexity index is 812. The quantitative estimate of drug-likeness (QED) is 0.536. The molecule has 0 spiro atoms. The van der Waals surface area contributed by atoms with Gasteiger partial charge in [-0.15, -0.1) is 0 Å². The van der Waals surface area contributed by atoms with Crippen LogP contribution < -0.4 is 5.43 Å². The maximum Gasteiger partial charge on any atom is 0.147 e. The molecule has 5 heteroatoms. The lowest BCUT2D eigenvalue weighted by molar-refractivity contribution is 0.573. The molecule has 3 aromatic rings. The van der Waals surface area contributed by atoms with Gasteiger partial charge in [-0.3, -0.25) is 0 Å². The number of halogens is 2. The Kier molecular flexibility index (Phi) is 4.74. The highest BCUT2D eigenvalue weighted by Crippen LogP contribution is 2.21. The van der Waals surface area contributed by atoms with Crippen molar-refractivity contribution >= 4 is 17.8 Å². The zero-order chi connectivity index (χ0) is 16.1.